The first-order chi connectivity index (χ1) is 13.6. The summed E-state index contributed by atoms with van der Waals surface area (Å²) in [5.74, 6) is -0.580. The number of nitrogens with two attached hydrogens (primary N) is 1. The SMILES string of the molecule is Nc1ccccc1NC(=O)c1ccc(C(=O)NCCCN2CCOCC2)cn1. The molecule has 3 rings (SSSR count). The highest BCUT2D eigenvalue weighted by molar-refractivity contribution is 6.04. The Bertz CT molecular complexity index is 804. The Labute approximate surface area is 164 Å². The topological polar surface area (TPSA) is 110 Å². The van der Waals surface area contributed by atoms with E-state index in [1.54, 1.807) is 30.3 Å². The highest BCUT2D eigenvalue weighted by Crippen LogP contribution is 2.17. The zero-order valence-corrected chi connectivity index (χ0v) is 15.7. The molecular formula is C20H25N5O3. The van der Waals surface area contributed by atoms with Crippen molar-refractivity contribution in [3.63, 3.8) is 0 Å². The molecule has 0 saturated carbocycles. The Morgan fingerprint density at radius 3 is 2.61 bits per heavy atom. The molecule has 0 radical (unpaired) electrons. The van der Waals surface area contributed by atoms with Crippen LogP contribution in [0.4, 0.5) is 11.4 Å². The quantitative estimate of drug-likeness (QED) is 0.492. The number of para-hydroxylation sites is 2. The second kappa shape index (κ2) is 9.82. The molecule has 0 unspecified atom stereocenters. The van der Waals surface area contributed by atoms with Gasteiger partial charge >= 0.3 is 0 Å². The molecule has 1 fully saturated rings. The third kappa shape index (κ3) is 5.51. The molecule has 8 nitrogen and oxygen atoms in total. The third-order valence-electron chi connectivity index (χ3n) is 4.51. The summed E-state index contributed by atoms with van der Waals surface area (Å²) < 4.78 is 5.31. The van der Waals surface area contributed by atoms with Gasteiger partial charge < -0.3 is 21.1 Å². The molecule has 0 atom stereocenters. The van der Waals surface area contributed by atoms with E-state index in [9.17, 15) is 9.59 Å². The van der Waals surface area contributed by atoms with E-state index in [4.69, 9.17) is 10.5 Å². The fourth-order valence-electron chi connectivity index (χ4n) is 2.89. The molecule has 2 aromatic rings. The number of carbonyl (C=O) groups is 2. The molecule has 8 heteroatoms. The van der Waals surface area contributed by atoms with Gasteiger partial charge in [-0.15, -0.1) is 0 Å². The van der Waals surface area contributed by atoms with Crippen LogP contribution in [0.1, 0.15) is 27.3 Å². The Hall–Kier alpha value is -2.97. The average molecular weight is 383 g/mol. The van der Waals surface area contributed by atoms with Crippen LogP contribution in [0.5, 0.6) is 0 Å². The number of hydrogen-bond acceptors (Lipinski definition) is 6. The zero-order chi connectivity index (χ0) is 19.8. The fourth-order valence-corrected chi connectivity index (χ4v) is 2.89. The van der Waals surface area contributed by atoms with E-state index in [2.05, 4.69) is 20.5 Å². The van der Waals surface area contributed by atoms with Crippen molar-refractivity contribution in [3.8, 4) is 0 Å². The first-order valence-corrected chi connectivity index (χ1v) is 9.34. The summed E-state index contributed by atoms with van der Waals surface area (Å²) in [6.45, 7) is 4.95. The lowest BCUT2D eigenvalue weighted by Gasteiger charge is -2.26. The van der Waals surface area contributed by atoms with Crippen molar-refractivity contribution in [3.05, 3.63) is 53.9 Å². The first-order valence-electron chi connectivity index (χ1n) is 9.34. The van der Waals surface area contributed by atoms with Gasteiger partial charge in [0.25, 0.3) is 11.8 Å². The third-order valence-corrected chi connectivity index (χ3v) is 4.51. The van der Waals surface area contributed by atoms with E-state index in [0.717, 1.165) is 39.3 Å². The standard InChI is InChI=1S/C20H25N5O3/c21-16-4-1-2-5-17(16)24-20(27)18-7-6-15(14-23-18)19(26)22-8-3-9-25-10-12-28-13-11-25/h1-2,4-7,14H,3,8-13,21H2,(H,22,26)(H,24,27). The van der Waals surface area contributed by atoms with Gasteiger partial charge in [-0.05, 0) is 37.2 Å². The molecule has 28 heavy (non-hydrogen) atoms. The largest absolute Gasteiger partial charge is 0.397 e. The second-order valence-electron chi connectivity index (χ2n) is 6.54. The highest BCUT2D eigenvalue weighted by atomic mass is 16.5. The predicted octanol–water partition coefficient (Wildman–Crippen LogP) is 1.37. The minimum atomic E-state index is -0.379. The van der Waals surface area contributed by atoms with E-state index in [0.29, 0.717) is 23.5 Å². The van der Waals surface area contributed by atoms with Crippen LogP contribution in [0.2, 0.25) is 0 Å². The summed E-state index contributed by atoms with van der Waals surface area (Å²) in [6.07, 6.45) is 2.28. The van der Waals surface area contributed by atoms with Crippen molar-refractivity contribution < 1.29 is 14.3 Å². The minimum Gasteiger partial charge on any atom is -0.397 e. The van der Waals surface area contributed by atoms with Crippen molar-refractivity contribution in [1.29, 1.82) is 0 Å². The monoisotopic (exact) mass is 383 g/mol. The van der Waals surface area contributed by atoms with Gasteiger partial charge in [-0.2, -0.15) is 0 Å². The van der Waals surface area contributed by atoms with Crippen molar-refractivity contribution in [2.75, 3.05) is 50.4 Å². The number of aromatic nitrogens is 1. The molecule has 1 aliphatic heterocycles. The number of anilines is 2. The molecule has 148 valence electrons. The Morgan fingerprint density at radius 2 is 1.89 bits per heavy atom. The molecular weight excluding hydrogens is 358 g/mol. The molecule has 1 saturated heterocycles. The maximum Gasteiger partial charge on any atom is 0.274 e. The van der Waals surface area contributed by atoms with Gasteiger partial charge in [0.1, 0.15) is 5.69 Å². The summed E-state index contributed by atoms with van der Waals surface area (Å²) in [7, 11) is 0. The van der Waals surface area contributed by atoms with Crippen molar-refractivity contribution in [2.24, 2.45) is 0 Å². The van der Waals surface area contributed by atoms with Crippen LogP contribution in [-0.2, 0) is 4.74 Å². The van der Waals surface area contributed by atoms with Gasteiger partial charge in [-0.25, -0.2) is 0 Å². The predicted molar refractivity (Wildman–Crippen MR) is 107 cm³/mol. The molecule has 2 amide bonds. The molecule has 1 aromatic heterocycles. The van der Waals surface area contributed by atoms with E-state index in [1.807, 2.05) is 0 Å². The fraction of sp³-hybridized carbons (Fsp3) is 0.350. The second-order valence-corrected chi connectivity index (χ2v) is 6.54. The lowest BCUT2D eigenvalue weighted by atomic mass is 10.2. The summed E-state index contributed by atoms with van der Waals surface area (Å²) in [4.78, 5) is 30.9. The maximum atomic E-state index is 12.3. The molecule has 2 heterocycles. The average Bonchev–Trinajstić information content (AvgIpc) is 2.73. The molecule has 1 aliphatic rings. The van der Waals surface area contributed by atoms with Crippen LogP contribution in [-0.4, -0.2) is 61.1 Å². The Balaban J connectivity index is 1.45. The number of amides is 2. The Morgan fingerprint density at radius 1 is 1.11 bits per heavy atom. The number of ether oxygens (including phenoxy) is 1. The zero-order valence-electron chi connectivity index (χ0n) is 15.7. The van der Waals surface area contributed by atoms with Gasteiger partial charge in [-0.1, -0.05) is 12.1 Å². The number of nitrogen functional groups attached to an aromatic ring is 1. The number of nitrogens with one attached hydrogen (secondary N) is 2. The summed E-state index contributed by atoms with van der Waals surface area (Å²) in [5.41, 5.74) is 7.45. The van der Waals surface area contributed by atoms with Crippen LogP contribution in [0, 0.1) is 0 Å². The number of carbonyl (C=O) groups excluding carboxylic acids is 2. The van der Waals surface area contributed by atoms with Crippen LogP contribution in [0.25, 0.3) is 0 Å². The lowest BCUT2D eigenvalue weighted by Crippen LogP contribution is -2.38. The first kappa shape index (κ1) is 19.8. The number of benzene rings is 1. The van der Waals surface area contributed by atoms with E-state index in [1.165, 1.54) is 12.3 Å². The normalized spacial score (nSPS) is 14.4. The number of morpholine rings is 1. The highest BCUT2D eigenvalue weighted by Gasteiger charge is 2.12. The van der Waals surface area contributed by atoms with Gasteiger partial charge in [0.2, 0.25) is 0 Å². The van der Waals surface area contributed by atoms with E-state index < -0.39 is 0 Å². The van der Waals surface area contributed by atoms with E-state index >= 15 is 0 Å². The van der Waals surface area contributed by atoms with Crippen molar-refractivity contribution in [1.82, 2.24) is 15.2 Å². The minimum absolute atomic E-state index is 0.200. The van der Waals surface area contributed by atoms with Crippen LogP contribution in [0.3, 0.4) is 0 Å². The van der Waals surface area contributed by atoms with Gasteiger partial charge in [0.15, 0.2) is 0 Å². The van der Waals surface area contributed by atoms with E-state index in [-0.39, 0.29) is 17.5 Å². The smallest absolute Gasteiger partial charge is 0.274 e. The van der Waals surface area contributed by atoms with Crippen LogP contribution >= 0.6 is 0 Å². The number of hydrogen-bond donors (Lipinski definition) is 3. The summed E-state index contributed by atoms with van der Waals surface area (Å²) in [6, 6.07) is 10.1. The molecule has 0 aliphatic carbocycles. The summed E-state index contributed by atoms with van der Waals surface area (Å²) >= 11 is 0. The summed E-state index contributed by atoms with van der Waals surface area (Å²) in [5, 5.41) is 5.59. The number of nitrogens with zero attached hydrogens (tertiary/aromatic N) is 2. The van der Waals surface area contributed by atoms with Crippen LogP contribution < -0.4 is 16.4 Å². The molecule has 1 aromatic carbocycles. The Kier molecular flexibility index (Phi) is 6.94. The van der Waals surface area contributed by atoms with Gasteiger partial charge in [0.05, 0.1) is 30.2 Å². The van der Waals surface area contributed by atoms with Crippen molar-refractivity contribution >= 4 is 23.2 Å². The number of rotatable bonds is 7. The van der Waals surface area contributed by atoms with Gasteiger partial charge in [-0.3, -0.25) is 19.5 Å². The maximum absolute atomic E-state index is 12.3. The van der Waals surface area contributed by atoms with Crippen LogP contribution in [0.15, 0.2) is 42.6 Å². The molecule has 4 N–H and O–H groups in total. The number of pyridine rings is 1. The molecule has 0 bridgehead atoms. The lowest BCUT2D eigenvalue weighted by molar-refractivity contribution is 0.0374. The van der Waals surface area contributed by atoms with Crippen molar-refractivity contribution in [2.45, 2.75) is 6.42 Å². The van der Waals surface area contributed by atoms with Gasteiger partial charge in [0, 0.05) is 25.8 Å². The molecule has 0 spiro atoms.